The van der Waals surface area contributed by atoms with Gasteiger partial charge < -0.3 is 10.4 Å². The highest BCUT2D eigenvalue weighted by molar-refractivity contribution is 6.02. The molecular formula is C10H14N2O3. The van der Waals surface area contributed by atoms with Gasteiger partial charge in [0.15, 0.2) is 0 Å². The van der Waals surface area contributed by atoms with E-state index in [-0.39, 0.29) is 11.9 Å². The van der Waals surface area contributed by atoms with E-state index in [1.165, 1.54) is 6.92 Å². The van der Waals surface area contributed by atoms with E-state index < -0.39 is 5.97 Å². The van der Waals surface area contributed by atoms with E-state index in [1.54, 1.807) is 13.1 Å². The van der Waals surface area contributed by atoms with Gasteiger partial charge in [-0.05, 0) is 6.42 Å². The molecule has 1 rings (SSSR count). The minimum absolute atomic E-state index is 0.131. The third kappa shape index (κ3) is 2.90. The summed E-state index contributed by atoms with van der Waals surface area (Å²) in [5, 5.41) is 11.5. The normalized spacial score (nSPS) is 23.5. The fourth-order valence-electron chi connectivity index (χ4n) is 1.57. The lowest BCUT2D eigenvalue weighted by atomic mass is 9.93. The second kappa shape index (κ2) is 4.72. The molecule has 1 amide bonds. The fourth-order valence-corrected chi connectivity index (χ4v) is 1.57. The minimum Gasteiger partial charge on any atom is -0.478 e. The van der Waals surface area contributed by atoms with Gasteiger partial charge in [0.25, 0.3) is 0 Å². The van der Waals surface area contributed by atoms with Crippen molar-refractivity contribution in [2.45, 2.75) is 25.8 Å². The number of carboxylic acids is 1. The van der Waals surface area contributed by atoms with E-state index in [0.717, 1.165) is 0 Å². The monoisotopic (exact) mass is 210 g/mol. The summed E-state index contributed by atoms with van der Waals surface area (Å²) in [5.74, 6) is -1.05. The van der Waals surface area contributed by atoms with Gasteiger partial charge in [-0.3, -0.25) is 9.79 Å². The summed E-state index contributed by atoms with van der Waals surface area (Å²) in [6.45, 7) is 1.43. The van der Waals surface area contributed by atoms with Crippen molar-refractivity contribution in [2.24, 2.45) is 4.99 Å². The van der Waals surface area contributed by atoms with Crippen molar-refractivity contribution < 1.29 is 14.7 Å². The number of nitrogens with one attached hydrogen (secondary N) is 1. The number of hydrogen-bond donors (Lipinski definition) is 2. The van der Waals surface area contributed by atoms with E-state index in [4.69, 9.17) is 5.11 Å². The van der Waals surface area contributed by atoms with Crippen LogP contribution in [0.2, 0.25) is 0 Å². The third-order valence-corrected chi connectivity index (χ3v) is 2.31. The Bertz CT molecular complexity index is 345. The Morgan fingerprint density at radius 2 is 2.27 bits per heavy atom. The van der Waals surface area contributed by atoms with Crippen molar-refractivity contribution in [1.29, 1.82) is 0 Å². The average molecular weight is 210 g/mol. The Morgan fingerprint density at radius 1 is 1.60 bits per heavy atom. The topological polar surface area (TPSA) is 78.8 Å². The van der Waals surface area contributed by atoms with Crippen LogP contribution in [0, 0.1) is 0 Å². The Hall–Kier alpha value is -1.65. The molecule has 0 unspecified atom stereocenters. The maximum absolute atomic E-state index is 10.9. The molecule has 0 radical (unpaired) electrons. The Kier molecular flexibility index (Phi) is 3.60. The Morgan fingerprint density at radius 3 is 2.73 bits per heavy atom. The van der Waals surface area contributed by atoms with Gasteiger partial charge in [0.1, 0.15) is 0 Å². The summed E-state index contributed by atoms with van der Waals surface area (Å²) in [4.78, 5) is 25.6. The number of carbonyl (C=O) groups excluding carboxylic acids is 1. The van der Waals surface area contributed by atoms with E-state index >= 15 is 0 Å². The lowest BCUT2D eigenvalue weighted by molar-refractivity contribution is -0.132. The smallest absolute Gasteiger partial charge is 0.331 e. The highest BCUT2D eigenvalue weighted by Crippen LogP contribution is 2.16. The number of carbonyl (C=O) groups is 2. The molecule has 1 aliphatic rings. The van der Waals surface area contributed by atoms with Crippen LogP contribution in [-0.4, -0.2) is 35.8 Å². The van der Waals surface area contributed by atoms with Crippen LogP contribution in [0.15, 0.2) is 16.6 Å². The van der Waals surface area contributed by atoms with Gasteiger partial charge in [0.05, 0.1) is 6.04 Å². The number of aliphatic carboxylic acids is 1. The molecule has 5 heteroatoms. The van der Waals surface area contributed by atoms with Crippen LogP contribution in [0.1, 0.15) is 19.8 Å². The van der Waals surface area contributed by atoms with Crippen molar-refractivity contribution in [3.8, 4) is 0 Å². The fraction of sp³-hybridized carbons (Fsp3) is 0.500. The van der Waals surface area contributed by atoms with Gasteiger partial charge in [0, 0.05) is 31.7 Å². The van der Waals surface area contributed by atoms with Crippen molar-refractivity contribution in [3.05, 3.63) is 11.6 Å². The highest BCUT2D eigenvalue weighted by Gasteiger charge is 2.24. The number of aliphatic imine (C=N–C) groups is 1. The third-order valence-electron chi connectivity index (χ3n) is 2.31. The summed E-state index contributed by atoms with van der Waals surface area (Å²) in [7, 11) is 1.61. The Balaban J connectivity index is 2.79. The summed E-state index contributed by atoms with van der Waals surface area (Å²) < 4.78 is 0. The van der Waals surface area contributed by atoms with Crippen molar-refractivity contribution in [1.82, 2.24) is 5.32 Å². The van der Waals surface area contributed by atoms with Crippen LogP contribution in [0.4, 0.5) is 0 Å². The van der Waals surface area contributed by atoms with Gasteiger partial charge in [-0.15, -0.1) is 0 Å². The molecule has 0 spiro atoms. The first-order valence-electron chi connectivity index (χ1n) is 4.69. The first-order chi connectivity index (χ1) is 7.04. The molecular weight excluding hydrogens is 196 g/mol. The van der Waals surface area contributed by atoms with Crippen LogP contribution in [0.3, 0.4) is 0 Å². The van der Waals surface area contributed by atoms with Crippen LogP contribution in [-0.2, 0) is 9.59 Å². The molecule has 0 aromatic rings. The van der Waals surface area contributed by atoms with Gasteiger partial charge in [-0.1, -0.05) is 6.08 Å². The quantitative estimate of drug-likeness (QED) is 0.691. The van der Waals surface area contributed by atoms with Crippen LogP contribution >= 0.6 is 0 Å². The molecule has 0 aromatic heterocycles. The summed E-state index contributed by atoms with van der Waals surface area (Å²) in [6, 6.07) is -0.157. The van der Waals surface area contributed by atoms with Crippen LogP contribution in [0.5, 0.6) is 0 Å². The van der Waals surface area contributed by atoms with E-state index in [2.05, 4.69) is 10.3 Å². The molecule has 0 saturated carbocycles. The standard InChI is InChI=1S/C10H14N2O3/c1-6(13)12-8-4-3-7(10(14)15)5-9(8)11-2/h3,8H,4-5H2,1-2H3,(H,12,13)(H,14,15)/t8-/m0/s1. The van der Waals surface area contributed by atoms with Crippen molar-refractivity contribution in [2.75, 3.05) is 7.05 Å². The summed E-state index contributed by atoms with van der Waals surface area (Å²) in [5.41, 5.74) is 1.06. The SMILES string of the molecule is CN=C1CC(C(=O)O)=CC[C@@H]1NC(C)=O. The number of rotatable bonds is 2. The minimum atomic E-state index is -0.919. The van der Waals surface area contributed by atoms with Crippen molar-refractivity contribution >= 4 is 17.6 Å². The molecule has 0 aromatic carbocycles. The number of amides is 1. The van der Waals surface area contributed by atoms with E-state index in [9.17, 15) is 9.59 Å². The molecule has 1 aliphatic carbocycles. The maximum Gasteiger partial charge on any atom is 0.331 e. The number of carboxylic acid groups (broad SMARTS) is 1. The Labute approximate surface area is 87.9 Å². The second-order valence-electron chi connectivity index (χ2n) is 3.42. The largest absolute Gasteiger partial charge is 0.478 e. The molecule has 82 valence electrons. The number of nitrogens with zero attached hydrogens (tertiary/aromatic N) is 1. The second-order valence-corrected chi connectivity index (χ2v) is 3.42. The zero-order valence-electron chi connectivity index (χ0n) is 8.78. The molecule has 2 N–H and O–H groups in total. The van der Waals surface area contributed by atoms with Gasteiger partial charge in [-0.2, -0.15) is 0 Å². The molecule has 5 nitrogen and oxygen atoms in total. The lowest BCUT2D eigenvalue weighted by Gasteiger charge is -2.23. The summed E-state index contributed by atoms with van der Waals surface area (Å²) in [6.07, 6.45) is 2.43. The molecule has 1 atom stereocenters. The zero-order chi connectivity index (χ0) is 11.4. The molecule has 0 fully saturated rings. The number of hydrogen-bond acceptors (Lipinski definition) is 3. The van der Waals surface area contributed by atoms with E-state index in [1.807, 2.05) is 0 Å². The average Bonchev–Trinajstić information content (AvgIpc) is 2.17. The molecule has 0 heterocycles. The molecule has 0 saturated heterocycles. The molecule has 0 aliphatic heterocycles. The predicted octanol–water partition coefficient (Wildman–Crippen LogP) is 0.367. The van der Waals surface area contributed by atoms with Gasteiger partial charge in [-0.25, -0.2) is 4.79 Å². The molecule has 0 bridgehead atoms. The van der Waals surface area contributed by atoms with Gasteiger partial charge >= 0.3 is 5.97 Å². The van der Waals surface area contributed by atoms with E-state index in [0.29, 0.717) is 24.1 Å². The van der Waals surface area contributed by atoms with Crippen LogP contribution in [0.25, 0.3) is 0 Å². The molecule has 15 heavy (non-hydrogen) atoms. The first-order valence-corrected chi connectivity index (χ1v) is 4.69. The maximum atomic E-state index is 10.9. The van der Waals surface area contributed by atoms with Crippen molar-refractivity contribution in [3.63, 3.8) is 0 Å². The van der Waals surface area contributed by atoms with Crippen LogP contribution < -0.4 is 5.32 Å². The van der Waals surface area contributed by atoms with Gasteiger partial charge in [0.2, 0.25) is 5.91 Å². The predicted molar refractivity (Wildman–Crippen MR) is 55.9 cm³/mol. The summed E-state index contributed by atoms with van der Waals surface area (Å²) >= 11 is 0. The highest BCUT2D eigenvalue weighted by atomic mass is 16.4. The zero-order valence-corrected chi connectivity index (χ0v) is 8.78. The first kappa shape index (κ1) is 11.4. The lowest BCUT2D eigenvalue weighted by Crippen LogP contribution is -2.41.